The molecular formula is C19H19FO5S. The zero-order valence-electron chi connectivity index (χ0n) is 14.4. The number of carbonyl (C=O) groups excluding carboxylic acids is 1. The molecule has 0 atom stereocenters. The molecule has 138 valence electrons. The van der Waals surface area contributed by atoms with Gasteiger partial charge in [-0.2, -0.15) is 0 Å². The van der Waals surface area contributed by atoms with Crippen LogP contribution in [-0.4, -0.2) is 39.0 Å². The quantitative estimate of drug-likeness (QED) is 0.617. The molecule has 0 aliphatic rings. The summed E-state index contributed by atoms with van der Waals surface area (Å²) in [7, 11) is -3.35. The molecule has 0 bridgehead atoms. The molecule has 0 spiro atoms. The summed E-state index contributed by atoms with van der Waals surface area (Å²) < 4.78 is 41.5. The van der Waals surface area contributed by atoms with Crippen LogP contribution in [0.15, 0.2) is 53.4 Å². The predicted molar refractivity (Wildman–Crippen MR) is 96.5 cm³/mol. The van der Waals surface area contributed by atoms with E-state index in [0.717, 1.165) is 6.26 Å². The lowest BCUT2D eigenvalue weighted by atomic mass is 9.95. The normalized spacial score (nSPS) is 12.5. The van der Waals surface area contributed by atoms with Crippen molar-refractivity contribution in [2.24, 2.45) is 0 Å². The molecule has 0 fully saturated rings. The average Bonchev–Trinajstić information content (AvgIpc) is 2.59. The van der Waals surface area contributed by atoms with Gasteiger partial charge in [0.15, 0.2) is 9.84 Å². The van der Waals surface area contributed by atoms with Crippen LogP contribution >= 0.6 is 0 Å². The number of hydrogen-bond acceptors (Lipinski definition) is 5. The van der Waals surface area contributed by atoms with Crippen molar-refractivity contribution in [3.63, 3.8) is 0 Å². The lowest BCUT2D eigenvalue weighted by Crippen LogP contribution is -2.07. The van der Waals surface area contributed by atoms with E-state index >= 15 is 0 Å². The van der Waals surface area contributed by atoms with Crippen LogP contribution in [0.25, 0.3) is 11.1 Å². The Bertz CT molecular complexity index is 913. The highest BCUT2D eigenvalue weighted by atomic mass is 32.2. The summed E-state index contributed by atoms with van der Waals surface area (Å²) in [5, 5.41) is 9.84. The number of benzene rings is 2. The Morgan fingerprint density at radius 3 is 1.96 bits per heavy atom. The first-order valence-electron chi connectivity index (χ1n) is 7.75. The Morgan fingerprint density at radius 1 is 1.00 bits per heavy atom. The van der Waals surface area contributed by atoms with Crippen LogP contribution in [-0.2, 0) is 19.4 Å². The van der Waals surface area contributed by atoms with Crippen molar-refractivity contribution in [3.05, 3.63) is 65.5 Å². The number of rotatable bonds is 6. The first-order valence-corrected chi connectivity index (χ1v) is 9.64. The third kappa shape index (κ3) is 5.00. The molecule has 0 amide bonds. The Hall–Kier alpha value is -2.51. The van der Waals surface area contributed by atoms with Gasteiger partial charge in [-0.15, -0.1) is 0 Å². The minimum absolute atomic E-state index is 0.110. The van der Waals surface area contributed by atoms with Gasteiger partial charge >= 0.3 is 5.97 Å². The van der Waals surface area contributed by atoms with Gasteiger partial charge in [0.05, 0.1) is 11.5 Å². The molecule has 0 radical (unpaired) electrons. The first kappa shape index (κ1) is 19.8. The van der Waals surface area contributed by atoms with Gasteiger partial charge < -0.3 is 9.84 Å². The smallest absolute Gasteiger partial charge is 0.302 e. The first-order chi connectivity index (χ1) is 12.2. The van der Waals surface area contributed by atoms with E-state index in [0.29, 0.717) is 22.3 Å². The van der Waals surface area contributed by atoms with Gasteiger partial charge in [-0.3, -0.25) is 4.79 Å². The van der Waals surface area contributed by atoms with E-state index in [4.69, 9.17) is 4.74 Å². The molecule has 0 aliphatic heterocycles. The predicted octanol–water partition coefficient (Wildman–Crippen LogP) is 2.70. The highest BCUT2D eigenvalue weighted by Crippen LogP contribution is 2.28. The van der Waals surface area contributed by atoms with E-state index in [1.807, 2.05) is 0 Å². The van der Waals surface area contributed by atoms with Crippen molar-refractivity contribution >= 4 is 27.0 Å². The maximum Gasteiger partial charge on any atom is 0.302 e. The lowest BCUT2D eigenvalue weighted by molar-refractivity contribution is -0.139. The fraction of sp³-hybridized carbons (Fsp3) is 0.211. The Morgan fingerprint density at radius 2 is 1.50 bits per heavy atom. The summed E-state index contributed by atoms with van der Waals surface area (Å²) in [6.45, 7) is 0.789. The van der Waals surface area contributed by atoms with Gasteiger partial charge in [-0.25, -0.2) is 12.8 Å². The van der Waals surface area contributed by atoms with Gasteiger partial charge in [0.25, 0.3) is 0 Å². The number of sulfone groups is 1. The number of aliphatic hydroxyl groups is 1. The van der Waals surface area contributed by atoms with Crippen molar-refractivity contribution in [2.75, 3.05) is 19.5 Å². The molecule has 0 unspecified atom stereocenters. The number of hydrogen-bond donors (Lipinski definition) is 1. The van der Waals surface area contributed by atoms with Crippen LogP contribution < -0.4 is 0 Å². The van der Waals surface area contributed by atoms with Gasteiger partial charge in [0.2, 0.25) is 0 Å². The topological polar surface area (TPSA) is 80.7 Å². The molecule has 5 nitrogen and oxygen atoms in total. The van der Waals surface area contributed by atoms with Gasteiger partial charge in [-0.05, 0) is 41.0 Å². The van der Waals surface area contributed by atoms with E-state index < -0.39 is 21.6 Å². The minimum Gasteiger partial charge on any atom is -0.461 e. The third-order valence-electron chi connectivity index (χ3n) is 3.77. The Kier molecular flexibility index (Phi) is 6.28. The highest BCUT2D eigenvalue weighted by Gasteiger charge is 2.14. The fourth-order valence-electron chi connectivity index (χ4n) is 2.43. The number of halogens is 1. The third-order valence-corrected chi connectivity index (χ3v) is 4.89. The van der Waals surface area contributed by atoms with Crippen molar-refractivity contribution < 1.29 is 27.4 Å². The summed E-state index contributed by atoms with van der Waals surface area (Å²) >= 11 is 0. The van der Waals surface area contributed by atoms with Crippen LogP contribution in [0.3, 0.4) is 0 Å². The monoisotopic (exact) mass is 378 g/mol. The molecule has 7 heteroatoms. The van der Waals surface area contributed by atoms with E-state index in [9.17, 15) is 22.7 Å². The Balaban J connectivity index is 2.56. The number of esters is 1. The van der Waals surface area contributed by atoms with Gasteiger partial charge in [0, 0.05) is 18.8 Å². The molecule has 0 aliphatic carbocycles. The lowest BCUT2D eigenvalue weighted by Gasteiger charge is -2.15. The summed E-state index contributed by atoms with van der Waals surface area (Å²) in [4.78, 5) is 11.4. The molecule has 26 heavy (non-hydrogen) atoms. The van der Waals surface area contributed by atoms with E-state index in [2.05, 4.69) is 0 Å². The molecule has 2 rings (SSSR count). The maximum atomic E-state index is 13.2. The standard InChI is InChI=1S/C19H19FO5S/c1-13(22)25-12-19(15-5-9-17(10-6-15)26(2,23)24)18(11-21)14-3-7-16(20)8-4-14/h3-10,21H,11-12H2,1-2H3. The molecule has 0 heterocycles. The number of ether oxygens (including phenoxy) is 1. The summed E-state index contributed by atoms with van der Waals surface area (Å²) in [6, 6.07) is 11.6. The Labute approximate surface area is 151 Å². The van der Waals surface area contributed by atoms with Gasteiger partial charge in [-0.1, -0.05) is 24.3 Å². The van der Waals surface area contributed by atoms with Crippen LogP contribution in [0.5, 0.6) is 0 Å². The molecule has 0 saturated carbocycles. The number of carbonyl (C=O) groups is 1. The summed E-state index contributed by atoms with van der Waals surface area (Å²) in [5.41, 5.74) is 2.13. The minimum atomic E-state index is -3.35. The second-order valence-electron chi connectivity index (χ2n) is 5.70. The van der Waals surface area contributed by atoms with E-state index in [1.54, 1.807) is 12.1 Å². The van der Waals surface area contributed by atoms with Crippen LogP contribution in [0, 0.1) is 5.82 Å². The summed E-state index contributed by atoms with van der Waals surface area (Å²) in [6.07, 6.45) is 1.11. The second kappa shape index (κ2) is 8.25. The zero-order valence-corrected chi connectivity index (χ0v) is 15.2. The van der Waals surface area contributed by atoms with E-state index in [-0.39, 0.29) is 18.1 Å². The number of aliphatic hydroxyl groups excluding tert-OH is 1. The summed E-state index contributed by atoms with van der Waals surface area (Å²) in [5.74, 6) is -0.906. The molecule has 0 saturated heterocycles. The van der Waals surface area contributed by atoms with Crippen molar-refractivity contribution in [1.29, 1.82) is 0 Å². The van der Waals surface area contributed by atoms with Crippen molar-refractivity contribution in [2.45, 2.75) is 11.8 Å². The van der Waals surface area contributed by atoms with Crippen molar-refractivity contribution in [1.82, 2.24) is 0 Å². The van der Waals surface area contributed by atoms with Gasteiger partial charge in [0.1, 0.15) is 12.4 Å². The van der Waals surface area contributed by atoms with Crippen LogP contribution in [0.4, 0.5) is 4.39 Å². The molecular weight excluding hydrogens is 359 g/mol. The maximum absolute atomic E-state index is 13.2. The van der Waals surface area contributed by atoms with Crippen LogP contribution in [0.1, 0.15) is 18.1 Å². The molecule has 1 N–H and O–H groups in total. The molecule has 2 aromatic carbocycles. The highest BCUT2D eigenvalue weighted by molar-refractivity contribution is 7.90. The SMILES string of the molecule is CC(=O)OCC(=C(CO)c1ccc(F)cc1)c1ccc(S(C)(=O)=O)cc1. The molecule has 2 aromatic rings. The van der Waals surface area contributed by atoms with Crippen molar-refractivity contribution in [3.8, 4) is 0 Å². The second-order valence-corrected chi connectivity index (χ2v) is 7.71. The largest absolute Gasteiger partial charge is 0.461 e. The fourth-order valence-corrected chi connectivity index (χ4v) is 3.06. The molecule has 0 aromatic heterocycles. The van der Waals surface area contributed by atoms with E-state index in [1.165, 1.54) is 43.3 Å². The van der Waals surface area contributed by atoms with Crippen LogP contribution in [0.2, 0.25) is 0 Å². The average molecular weight is 378 g/mol. The zero-order chi connectivity index (χ0) is 19.3.